The molecule has 0 spiro atoms. The minimum absolute atomic E-state index is 0.0862. The van der Waals surface area contributed by atoms with Gasteiger partial charge in [-0.05, 0) is 60.0 Å². The smallest absolute Gasteiger partial charge is 0.251 e. The molecule has 6 heteroatoms. The maximum Gasteiger partial charge on any atom is 0.251 e. The number of thiophene rings is 1. The van der Waals surface area contributed by atoms with E-state index in [0.717, 1.165) is 5.56 Å². The molecule has 0 aliphatic heterocycles. The third-order valence-electron chi connectivity index (χ3n) is 3.90. The molecule has 0 fully saturated rings. The van der Waals surface area contributed by atoms with Gasteiger partial charge in [0.15, 0.2) is 0 Å². The largest absolute Gasteiger partial charge is 0.394 e. The van der Waals surface area contributed by atoms with Crippen molar-refractivity contribution in [1.82, 2.24) is 5.32 Å². The Hall–Kier alpha value is -2.18. The van der Waals surface area contributed by atoms with E-state index in [2.05, 4.69) is 10.6 Å². The Morgan fingerprint density at radius 2 is 1.92 bits per heavy atom. The molecule has 128 valence electrons. The van der Waals surface area contributed by atoms with Crippen molar-refractivity contribution in [3.05, 3.63) is 52.2 Å². The van der Waals surface area contributed by atoms with Crippen LogP contribution in [0.4, 0.5) is 5.69 Å². The van der Waals surface area contributed by atoms with Crippen LogP contribution in [-0.2, 0) is 4.79 Å². The Labute approximate surface area is 145 Å². The molecule has 2 atom stereocenters. The van der Waals surface area contributed by atoms with Crippen molar-refractivity contribution in [3.63, 3.8) is 0 Å². The van der Waals surface area contributed by atoms with E-state index in [4.69, 9.17) is 5.11 Å². The van der Waals surface area contributed by atoms with Crippen molar-refractivity contribution in [2.45, 2.75) is 32.2 Å². The number of carbonyl (C=O) groups is 2. The summed E-state index contributed by atoms with van der Waals surface area (Å²) in [4.78, 5) is 24.3. The zero-order chi connectivity index (χ0) is 17.5. The molecule has 0 radical (unpaired) electrons. The third-order valence-corrected chi connectivity index (χ3v) is 4.60. The molecule has 0 aliphatic carbocycles. The van der Waals surface area contributed by atoms with Gasteiger partial charge < -0.3 is 15.7 Å². The van der Waals surface area contributed by atoms with Crippen LogP contribution < -0.4 is 10.6 Å². The van der Waals surface area contributed by atoms with E-state index in [-0.39, 0.29) is 30.4 Å². The van der Waals surface area contributed by atoms with Gasteiger partial charge in [-0.3, -0.25) is 9.59 Å². The summed E-state index contributed by atoms with van der Waals surface area (Å²) in [5.74, 6) is -0.550. The Bertz CT molecular complexity index is 664. The first kappa shape index (κ1) is 18.2. The van der Waals surface area contributed by atoms with Crippen molar-refractivity contribution < 1.29 is 14.7 Å². The molecule has 0 saturated heterocycles. The summed E-state index contributed by atoms with van der Waals surface area (Å²) in [6, 6.07) is 8.41. The van der Waals surface area contributed by atoms with Crippen molar-refractivity contribution >= 4 is 28.8 Å². The van der Waals surface area contributed by atoms with E-state index in [1.807, 2.05) is 30.7 Å². The Morgan fingerprint density at radius 1 is 1.21 bits per heavy atom. The summed E-state index contributed by atoms with van der Waals surface area (Å²) in [7, 11) is 0. The first-order valence-electron chi connectivity index (χ1n) is 7.89. The summed E-state index contributed by atoms with van der Waals surface area (Å²) in [5.41, 5.74) is 2.13. The van der Waals surface area contributed by atoms with Crippen LogP contribution in [0, 0.1) is 0 Å². The van der Waals surface area contributed by atoms with Crippen molar-refractivity contribution in [2.75, 3.05) is 11.9 Å². The number of amides is 2. The van der Waals surface area contributed by atoms with Crippen LogP contribution >= 0.6 is 11.3 Å². The SMILES string of the molecule is CCC(CO)NC(=O)c1ccc(NC(=O)C(C)c2ccsc2)cc1. The van der Waals surface area contributed by atoms with Crippen LogP contribution in [-0.4, -0.2) is 29.6 Å². The van der Waals surface area contributed by atoms with Crippen LogP contribution in [0.5, 0.6) is 0 Å². The molecule has 1 heterocycles. The van der Waals surface area contributed by atoms with Crippen LogP contribution in [0.3, 0.4) is 0 Å². The molecule has 2 unspecified atom stereocenters. The zero-order valence-corrected chi connectivity index (χ0v) is 14.6. The maximum absolute atomic E-state index is 12.2. The number of benzene rings is 1. The second-order valence-electron chi connectivity index (χ2n) is 5.61. The second kappa shape index (κ2) is 8.61. The van der Waals surface area contributed by atoms with Crippen molar-refractivity contribution in [2.24, 2.45) is 0 Å². The van der Waals surface area contributed by atoms with Gasteiger partial charge in [0.1, 0.15) is 0 Å². The molecule has 0 bridgehead atoms. The van der Waals surface area contributed by atoms with E-state index >= 15 is 0 Å². The number of aliphatic hydroxyl groups excluding tert-OH is 1. The predicted octanol–water partition coefficient (Wildman–Crippen LogP) is 2.99. The number of rotatable bonds is 7. The summed E-state index contributed by atoms with van der Waals surface area (Å²) in [5, 5.41) is 18.6. The van der Waals surface area contributed by atoms with Gasteiger partial charge in [-0.25, -0.2) is 0 Å². The van der Waals surface area contributed by atoms with E-state index < -0.39 is 0 Å². The molecule has 2 rings (SSSR count). The molecule has 2 amide bonds. The third kappa shape index (κ3) is 4.66. The Balaban J connectivity index is 1.96. The molecular formula is C18H22N2O3S. The first-order chi connectivity index (χ1) is 11.5. The number of anilines is 1. The average molecular weight is 346 g/mol. The van der Waals surface area contributed by atoms with E-state index in [9.17, 15) is 9.59 Å². The van der Waals surface area contributed by atoms with Crippen molar-refractivity contribution in [3.8, 4) is 0 Å². The highest BCUT2D eigenvalue weighted by atomic mass is 32.1. The first-order valence-corrected chi connectivity index (χ1v) is 8.84. The van der Waals surface area contributed by atoms with Crippen molar-refractivity contribution in [1.29, 1.82) is 0 Å². The highest BCUT2D eigenvalue weighted by Gasteiger charge is 2.16. The molecule has 3 N–H and O–H groups in total. The monoisotopic (exact) mass is 346 g/mol. The molecule has 1 aromatic heterocycles. The van der Waals surface area contributed by atoms with Gasteiger partial charge in [-0.2, -0.15) is 11.3 Å². The molecule has 1 aromatic carbocycles. The van der Waals surface area contributed by atoms with Crippen LogP contribution in [0.25, 0.3) is 0 Å². The van der Waals surface area contributed by atoms with Gasteiger partial charge in [0.2, 0.25) is 5.91 Å². The molecule has 2 aromatic rings. The zero-order valence-electron chi connectivity index (χ0n) is 13.8. The van der Waals surface area contributed by atoms with Gasteiger partial charge >= 0.3 is 0 Å². The number of nitrogens with one attached hydrogen (secondary N) is 2. The van der Waals surface area contributed by atoms with E-state index in [1.54, 1.807) is 35.6 Å². The fraction of sp³-hybridized carbons (Fsp3) is 0.333. The number of carbonyl (C=O) groups excluding carboxylic acids is 2. The fourth-order valence-corrected chi connectivity index (χ4v) is 2.93. The minimum atomic E-state index is -0.247. The lowest BCUT2D eigenvalue weighted by molar-refractivity contribution is -0.117. The number of hydrogen-bond donors (Lipinski definition) is 3. The second-order valence-corrected chi connectivity index (χ2v) is 6.39. The van der Waals surface area contributed by atoms with E-state index in [1.165, 1.54) is 0 Å². The Morgan fingerprint density at radius 3 is 2.46 bits per heavy atom. The standard InChI is InChI=1S/C18H22N2O3S/c1-3-15(10-21)19-18(23)13-4-6-16(7-5-13)20-17(22)12(2)14-8-9-24-11-14/h4-9,11-12,15,21H,3,10H2,1-2H3,(H,19,23)(H,20,22). The van der Waals surface area contributed by atoms with Gasteiger partial charge in [0.05, 0.1) is 18.6 Å². The Kier molecular flexibility index (Phi) is 6.52. The van der Waals surface area contributed by atoms with Gasteiger partial charge in [-0.1, -0.05) is 6.92 Å². The topological polar surface area (TPSA) is 78.4 Å². The fourth-order valence-electron chi connectivity index (χ4n) is 2.17. The number of aliphatic hydroxyl groups is 1. The van der Waals surface area contributed by atoms with E-state index in [0.29, 0.717) is 17.7 Å². The van der Waals surface area contributed by atoms with Gasteiger partial charge in [-0.15, -0.1) is 0 Å². The minimum Gasteiger partial charge on any atom is -0.394 e. The van der Waals surface area contributed by atoms with Gasteiger partial charge in [0.25, 0.3) is 5.91 Å². The lowest BCUT2D eigenvalue weighted by Gasteiger charge is -2.14. The highest BCUT2D eigenvalue weighted by molar-refractivity contribution is 7.08. The molecule has 5 nitrogen and oxygen atoms in total. The highest BCUT2D eigenvalue weighted by Crippen LogP contribution is 2.20. The summed E-state index contributed by atoms with van der Waals surface area (Å²) in [6.45, 7) is 3.67. The quantitative estimate of drug-likeness (QED) is 0.721. The lowest BCUT2D eigenvalue weighted by atomic mass is 10.0. The van der Waals surface area contributed by atoms with Crippen LogP contribution in [0.2, 0.25) is 0 Å². The number of hydrogen-bond acceptors (Lipinski definition) is 4. The van der Waals surface area contributed by atoms with Crippen LogP contribution in [0.1, 0.15) is 42.1 Å². The lowest BCUT2D eigenvalue weighted by Crippen LogP contribution is -2.36. The summed E-state index contributed by atoms with van der Waals surface area (Å²) in [6.07, 6.45) is 0.664. The summed E-state index contributed by atoms with van der Waals surface area (Å²) >= 11 is 1.56. The average Bonchev–Trinajstić information content (AvgIpc) is 3.13. The molecule has 0 saturated carbocycles. The maximum atomic E-state index is 12.2. The van der Waals surface area contributed by atoms with Gasteiger partial charge in [0, 0.05) is 11.3 Å². The normalized spacial score (nSPS) is 13.1. The predicted molar refractivity (Wildman–Crippen MR) is 96.4 cm³/mol. The molecule has 24 heavy (non-hydrogen) atoms. The molecular weight excluding hydrogens is 324 g/mol. The molecule has 0 aliphatic rings. The summed E-state index contributed by atoms with van der Waals surface area (Å²) < 4.78 is 0. The van der Waals surface area contributed by atoms with Crippen LogP contribution in [0.15, 0.2) is 41.1 Å².